The van der Waals surface area contributed by atoms with E-state index >= 15 is 0 Å². The first-order chi connectivity index (χ1) is 9.05. The van der Waals surface area contributed by atoms with E-state index in [0.29, 0.717) is 37.7 Å². The maximum absolute atomic E-state index is 12.7. The van der Waals surface area contributed by atoms with E-state index in [9.17, 15) is 12.6 Å². The fraction of sp³-hybridized carbons (Fsp3) is 1.00. The average molecular weight is 309 g/mol. The van der Waals surface area contributed by atoms with E-state index in [1.54, 1.807) is 4.31 Å². The Kier molecular flexibility index (Phi) is 5.36. The molecular formula is C11H23N3O3S2. The van der Waals surface area contributed by atoms with E-state index in [0.717, 1.165) is 19.3 Å². The van der Waals surface area contributed by atoms with Crippen molar-refractivity contribution in [2.45, 2.75) is 25.3 Å². The zero-order valence-electron chi connectivity index (χ0n) is 11.4. The number of nitrogens with zero attached hydrogens (tertiary/aromatic N) is 2. The van der Waals surface area contributed by atoms with Gasteiger partial charge in [-0.05, 0) is 19.9 Å². The van der Waals surface area contributed by atoms with Gasteiger partial charge in [0, 0.05) is 54.5 Å². The molecule has 2 heterocycles. The SMILES string of the molecule is CNCC1CCCCN1S(=O)(=O)N1CCS(=O)CC1. The maximum Gasteiger partial charge on any atom is 0.282 e. The quantitative estimate of drug-likeness (QED) is 0.751. The lowest BCUT2D eigenvalue weighted by atomic mass is 10.1. The van der Waals surface area contributed by atoms with Gasteiger partial charge in [-0.2, -0.15) is 17.0 Å². The molecule has 0 amide bonds. The summed E-state index contributed by atoms with van der Waals surface area (Å²) in [5, 5.41) is 3.08. The van der Waals surface area contributed by atoms with Crippen molar-refractivity contribution >= 4 is 21.0 Å². The molecule has 19 heavy (non-hydrogen) atoms. The molecule has 1 atom stereocenters. The minimum Gasteiger partial charge on any atom is -0.318 e. The van der Waals surface area contributed by atoms with Crippen LogP contribution in [0.25, 0.3) is 0 Å². The Bertz CT molecular complexity index is 415. The molecule has 2 saturated heterocycles. The lowest BCUT2D eigenvalue weighted by Crippen LogP contribution is -2.55. The molecule has 2 rings (SSSR count). The monoisotopic (exact) mass is 309 g/mol. The molecular weight excluding hydrogens is 286 g/mol. The van der Waals surface area contributed by atoms with Crippen LogP contribution in [0.2, 0.25) is 0 Å². The molecule has 0 bridgehead atoms. The number of hydrogen-bond donors (Lipinski definition) is 1. The predicted molar refractivity (Wildman–Crippen MR) is 76.6 cm³/mol. The van der Waals surface area contributed by atoms with Crippen LogP contribution in [0, 0.1) is 0 Å². The van der Waals surface area contributed by atoms with Crippen LogP contribution in [0.4, 0.5) is 0 Å². The molecule has 0 aliphatic carbocycles. The van der Waals surface area contributed by atoms with Crippen molar-refractivity contribution in [2.24, 2.45) is 0 Å². The van der Waals surface area contributed by atoms with Gasteiger partial charge in [-0.15, -0.1) is 0 Å². The summed E-state index contributed by atoms with van der Waals surface area (Å²) in [6.45, 7) is 2.07. The largest absolute Gasteiger partial charge is 0.318 e. The van der Waals surface area contributed by atoms with Gasteiger partial charge in [0.2, 0.25) is 0 Å². The van der Waals surface area contributed by atoms with E-state index in [4.69, 9.17) is 0 Å². The van der Waals surface area contributed by atoms with Crippen LogP contribution >= 0.6 is 0 Å². The van der Waals surface area contributed by atoms with Crippen molar-refractivity contribution in [2.75, 3.05) is 44.7 Å². The Balaban J connectivity index is 2.10. The van der Waals surface area contributed by atoms with Gasteiger partial charge in [0.25, 0.3) is 10.2 Å². The Morgan fingerprint density at radius 1 is 1.21 bits per heavy atom. The molecule has 2 fully saturated rings. The lowest BCUT2D eigenvalue weighted by Gasteiger charge is -2.38. The van der Waals surface area contributed by atoms with Gasteiger partial charge in [0.15, 0.2) is 0 Å². The zero-order chi connectivity index (χ0) is 13.9. The van der Waals surface area contributed by atoms with Crippen molar-refractivity contribution in [3.05, 3.63) is 0 Å². The van der Waals surface area contributed by atoms with Gasteiger partial charge in [0.1, 0.15) is 0 Å². The van der Waals surface area contributed by atoms with Crippen molar-refractivity contribution in [1.29, 1.82) is 0 Å². The molecule has 6 nitrogen and oxygen atoms in total. The second-order valence-electron chi connectivity index (χ2n) is 5.07. The van der Waals surface area contributed by atoms with E-state index in [-0.39, 0.29) is 6.04 Å². The minimum absolute atomic E-state index is 0.0520. The molecule has 0 spiro atoms. The Hall–Kier alpha value is -0.0200. The van der Waals surface area contributed by atoms with Gasteiger partial charge >= 0.3 is 0 Å². The fourth-order valence-corrected chi connectivity index (χ4v) is 5.86. The number of likely N-dealkylation sites (N-methyl/N-ethyl adjacent to an activating group) is 1. The molecule has 1 unspecified atom stereocenters. The smallest absolute Gasteiger partial charge is 0.282 e. The highest BCUT2D eigenvalue weighted by molar-refractivity contribution is 7.87. The standard InChI is InChI=1S/C11H23N3O3S2/c1-12-10-11-4-2-3-5-14(11)19(16,17)13-6-8-18(15)9-7-13/h11-12H,2-10H2,1H3. The Morgan fingerprint density at radius 2 is 1.89 bits per heavy atom. The van der Waals surface area contributed by atoms with Gasteiger partial charge in [-0.3, -0.25) is 4.21 Å². The lowest BCUT2D eigenvalue weighted by molar-refractivity contribution is 0.230. The first-order valence-electron chi connectivity index (χ1n) is 6.82. The van der Waals surface area contributed by atoms with Gasteiger partial charge in [-0.25, -0.2) is 0 Å². The van der Waals surface area contributed by atoms with Crippen molar-refractivity contribution < 1.29 is 12.6 Å². The van der Waals surface area contributed by atoms with Crippen molar-refractivity contribution in [3.8, 4) is 0 Å². The number of hydrogen-bond acceptors (Lipinski definition) is 4. The van der Waals surface area contributed by atoms with Gasteiger partial charge < -0.3 is 5.32 Å². The third-order valence-corrected chi connectivity index (χ3v) is 7.14. The number of rotatable bonds is 4. The van der Waals surface area contributed by atoms with Crippen LogP contribution in [0.5, 0.6) is 0 Å². The fourth-order valence-electron chi connectivity index (χ4n) is 2.72. The molecule has 112 valence electrons. The van der Waals surface area contributed by atoms with Crippen LogP contribution in [0.15, 0.2) is 0 Å². The Labute approximate surface area is 118 Å². The van der Waals surface area contributed by atoms with Gasteiger partial charge in [0.05, 0.1) is 0 Å². The zero-order valence-corrected chi connectivity index (χ0v) is 13.0. The minimum atomic E-state index is -3.39. The second-order valence-corrected chi connectivity index (χ2v) is 8.65. The summed E-state index contributed by atoms with van der Waals surface area (Å²) in [4.78, 5) is 0. The summed E-state index contributed by atoms with van der Waals surface area (Å²) < 4.78 is 39.8. The van der Waals surface area contributed by atoms with Gasteiger partial charge in [-0.1, -0.05) is 6.42 Å². The summed E-state index contributed by atoms with van der Waals surface area (Å²) in [6, 6.07) is 0.0520. The maximum atomic E-state index is 12.7. The summed E-state index contributed by atoms with van der Waals surface area (Å²) in [5.41, 5.74) is 0. The molecule has 0 aromatic rings. The van der Waals surface area contributed by atoms with Crippen molar-refractivity contribution in [1.82, 2.24) is 13.9 Å². The van der Waals surface area contributed by atoms with E-state index < -0.39 is 21.0 Å². The molecule has 2 aliphatic heterocycles. The van der Waals surface area contributed by atoms with Crippen LogP contribution in [-0.2, 0) is 21.0 Å². The first kappa shape index (κ1) is 15.4. The van der Waals surface area contributed by atoms with Crippen molar-refractivity contribution in [3.63, 3.8) is 0 Å². The molecule has 0 aromatic heterocycles. The predicted octanol–water partition coefficient (Wildman–Crippen LogP) is -0.631. The van der Waals surface area contributed by atoms with Crippen LogP contribution in [0.1, 0.15) is 19.3 Å². The van der Waals surface area contributed by atoms with E-state index in [2.05, 4.69) is 5.32 Å². The van der Waals surface area contributed by atoms with Crippen LogP contribution in [-0.4, -0.2) is 72.0 Å². The molecule has 1 N–H and O–H groups in total. The molecule has 2 aliphatic rings. The summed E-state index contributed by atoms with van der Waals surface area (Å²) in [6.07, 6.45) is 2.93. The number of piperidine rings is 1. The summed E-state index contributed by atoms with van der Waals surface area (Å²) in [5.74, 6) is 0.924. The summed E-state index contributed by atoms with van der Waals surface area (Å²) >= 11 is 0. The second kappa shape index (κ2) is 6.62. The highest BCUT2D eigenvalue weighted by Crippen LogP contribution is 2.23. The molecule has 0 aromatic carbocycles. The normalized spacial score (nSPS) is 28.6. The third kappa shape index (κ3) is 3.55. The van der Waals surface area contributed by atoms with Crippen LogP contribution < -0.4 is 5.32 Å². The molecule has 0 radical (unpaired) electrons. The van der Waals surface area contributed by atoms with E-state index in [1.165, 1.54) is 4.31 Å². The van der Waals surface area contributed by atoms with Crippen LogP contribution in [0.3, 0.4) is 0 Å². The topological polar surface area (TPSA) is 69.7 Å². The molecule has 0 saturated carbocycles. The third-order valence-electron chi connectivity index (χ3n) is 3.77. The number of nitrogens with one attached hydrogen (secondary N) is 1. The summed E-state index contributed by atoms with van der Waals surface area (Å²) in [7, 11) is -2.39. The molecule has 8 heteroatoms. The first-order valence-corrected chi connectivity index (χ1v) is 9.70. The Morgan fingerprint density at radius 3 is 2.53 bits per heavy atom. The highest BCUT2D eigenvalue weighted by atomic mass is 32.2. The average Bonchev–Trinajstić information content (AvgIpc) is 2.40. The highest BCUT2D eigenvalue weighted by Gasteiger charge is 2.37. The van der Waals surface area contributed by atoms with E-state index in [1.807, 2.05) is 7.05 Å².